The molecular weight excluding hydrogens is 262 g/mol. The minimum Gasteiger partial charge on any atom is -0.444 e. The zero-order chi connectivity index (χ0) is 14.1. The molecule has 2 aromatic heterocycles. The Kier molecular flexibility index (Phi) is 2.82. The van der Waals surface area contributed by atoms with E-state index in [2.05, 4.69) is 20.3 Å². The third-order valence-electron chi connectivity index (χ3n) is 2.75. The fourth-order valence-electron chi connectivity index (χ4n) is 1.84. The number of aromatic nitrogens is 3. The number of non-ortho nitro benzene ring substituents is 1. The lowest BCUT2D eigenvalue weighted by Crippen LogP contribution is -2.00. The fraction of sp³-hybridized carbons (Fsp3) is 0.167. The van der Waals surface area contributed by atoms with Gasteiger partial charge in [0.15, 0.2) is 0 Å². The summed E-state index contributed by atoms with van der Waals surface area (Å²) in [6.07, 6.45) is 1.64. The summed E-state index contributed by atoms with van der Waals surface area (Å²) in [5, 5.41) is 13.7. The van der Waals surface area contributed by atoms with Crippen molar-refractivity contribution in [3.8, 4) is 0 Å². The molecule has 8 heteroatoms. The van der Waals surface area contributed by atoms with E-state index in [0.29, 0.717) is 29.4 Å². The molecule has 2 N–H and O–H groups in total. The maximum atomic E-state index is 10.7. The van der Waals surface area contributed by atoms with Crippen LogP contribution >= 0.6 is 0 Å². The first-order chi connectivity index (χ1) is 9.61. The van der Waals surface area contributed by atoms with Crippen LogP contribution < -0.4 is 5.32 Å². The Morgan fingerprint density at radius 2 is 2.35 bits per heavy atom. The van der Waals surface area contributed by atoms with E-state index in [9.17, 15) is 10.1 Å². The number of hydrogen-bond acceptors (Lipinski definition) is 6. The summed E-state index contributed by atoms with van der Waals surface area (Å²) in [5.74, 6) is 1.80. The Labute approximate surface area is 113 Å². The Hall–Kier alpha value is -2.90. The number of nitro groups is 1. The summed E-state index contributed by atoms with van der Waals surface area (Å²) in [7, 11) is 0. The normalized spacial score (nSPS) is 10.8. The molecule has 3 rings (SSSR count). The number of nitrogens with one attached hydrogen (secondary N) is 2. The minimum atomic E-state index is -0.442. The van der Waals surface area contributed by atoms with E-state index >= 15 is 0 Å². The largest absolute Gasteiger partial charge is 0.444 e. The van der Waals surface area contributed by atoms with Crippen LogP contribution in [0.1, 0.15) is 11.7 Å². The molecule has 102 valence electrons. The molecule has 0 amide bonds. The standard InChI is InChI=1S/C12H11N5O3/c1-7-5-13-11(20-7)6-14-12-15-9-3-2-8(17(18)19)4-10(9)16-12/h2-5H,6H2,1H3,(H2,14,15,16). The van der Waals surface area contributed by atoms with Gasteiger partial charge in [-0.15, -0.1) is 0 Å². The molecule has 0 aliphatic rings. The summed E-state index contributed by atoms with van der Waals surface area (Å²) in [6.45, 7) is 2.20. The summed E-state index contributed by atoms with van der Waals surface area (Å²) in [6, 6.07) is 4.47. The van der Waals surface area contributed by atoms with Gasteiger partial charge < -0.3 is 14.7 Å². The van der Waals surface area contributed by atoms with Gasteiger partial charge >= 0.3 is 0 Å². The second-order valence-electron chi connectivity index (χ2n) is 4.26. The highest BCUT2D eigenvalue weighted by atomic mass is 16.6. The molecule has 2 heterocycles. The first-order valence-electron chi connectivity index (χ1n) is 5.91. The number of rotatable bonds is 4. The van der Waals surface area contributed by atoms with Crippen molar-refractivity contribution in [3.63, 3.8) is 0 Å². The number of hydrogen-bond donors (Lipinski definition) is 2. The van der Waals surface area contributed by atoms with E-state index in [1.54, 1.807) is 12.3 Å². The molecule has 0 aliphatic heterocycles. The zero-order valence-corrected chi connectivity index (χ0v) is 10.6. The molecule has 3 aromatic rings. The average molecular weight is 273 g/mol. The molecular formula is C12H11N5O3. The lowest BCUT2D eigenvalue weighted by Gasteiger charge is -1.97. The molecule has 0 atom stereocenters. The molecule has 20 heavy (non-hydrogen) atoms. The molecule has 0 radical (unpaired) electrons. The van der Waals surface area contributed by atoms with Crippen LogP contribution in [0.4, 0.5) is 11.6 Å². The van der Waals surface area contributed by atoms with Crippen LogP contribution in [-0.2, 0) is 6.54 Å². The van der Waals surface area contributed by atoms with Gasteiger partial charge in [0.25, 0.3) is 5.69 Å². The van der Waals surface area contributed by atoms with E-state index < -0.39 is 4.92 Å². The van der Waals surface area contributed by atoms with Crippen LogP contribution in [0, 0.1) is 17.0 Å². The van der Waals surface area contributed by atoms with Crippen molar-refractivity contribution in [3.05, 3.63) is 46.2 Å². The number of aromatic amines is 1. The highest BCUT2D eigenvalue weighted by molar-refractivity contribution is 5.79. The number of nitro benzene ring substituents is 1. The SMILES string of the molecule is Cc1cnc(CNc2nc3ccc([N+](=O)[O-])cc3[nH]2)o1. The highest BCUT2D eigenvalue weighted by Crippen LogP contribution is 2.20. The second-order valence-corrected chi connectivity index (χ2v) is 4.26. The first kappa shape index (κ1) is 12.2. The van der Waals surface area contributed by atoms with Crippen LogP contribution in [0.25, 0.3) is 11.0 Å². The number of anilines is 1. The number of oxazole rings is 1. The van der Waals surface area contributed by atoms with Gasteiger partial charge in [0, 0.05) is 12.1 Å². The molecule has 0 unspecified atom stereocenters. The van der Waals surface area contributed by atoms with Crippen molar-refractivity contribution in [1.29, 1.82) is 0 Å². The van der Waals surface area contributed by atoms with Crippen molar-refractivity contribution >= 4 is 22.7 Å². The second kappa shape index (κ2) is 4.65. The van der Waals surface area contributed by atoms with Crippen LogP contribution in [0.2, 0.25) is 0 Å². The molecule has 1 aromatic carbocycles. The number of nitrogens with zero attached hydrogens (tertiary/aromatic N) is 3. The van der Waals surface area contributed by atoms with E-state index in [4.69, 9.17) is 4.42 Å². The number of benzene rings is 1. The monoisotopic (exact) mass is 273 g/mol. The summed E-state index contributed by atoms with van der Waals surface area (Å²) >= 11 is 0. The van der Waals surface area contributed by atoms with Gasteiger partial charge in [0.2, 0.25) is 11.8 Å². The topological polar surface area (TPSA) is 110 Å². The molecule has 0 spiro atoms. The van der Waals surface area contributed by atoms with Gasteiger partial charge in [0.1, 0.15) is 5.76 Å². The highest BCUT2D eigenvalue weighted by Gasteiger charge is 2.10. The van der Waals surface area contributed by atoms with Crippen LogP contribution in [-0.4, -0.2) is 19.9 Å². The quantitative estimate of drug-likeness (QED) is 0.557. The first-order valence-corrected chi connectivity index (χ1v) is 5.91. The molecule has 8 nitrogen and oxygen atoms in total. The molecule has 0 bridgehead atoms. The molecule has 0 fully saturated rings. The molecule has 0 saturated heterocycles. The van der Waals surface area contributed by atoms with Gasteiger partial charge in [0.05, 0.1) is 28.7 Å². The van der Waals surface area contributed by atoms with Crippen molar-refractivity contribution in [2.75, 3.05) is 5.32 Å². The number of imidazole rings is 1. The van der Waals surface area contributed by atoms with E-state index in [1.165, 1.54) is 12.1 Å². The summed E-state index contributed by atoms with van der Waals surface area (Å²) in [4.78, 5) is 21.6. The van der Waals surface area contributed by atoms with Gasteiger partial charge in [-0.1, -0.05) is 0 Å². The van der Waals surface area contributed by atoms with Crippen molar-refractivity contribution in [2.45, 2.75) is 13.5 Å². The van der Waals surface area contributed by atoms with Crippen LogP contribution in [0.3, 0.4) is 0 Å². The van der Waals surface area contributed by atoms with E-state index in [1.807, 2.05) is 6.92 Å². The Morgan fingerprint density at radius 1 is 1.50 bits per heavy atom. The van der Waals surface area contributed by atoms with Gasteiger partial charge in [-0.25, -0.2) is 9.97 Å². The van der Waals surface area contributed by atoms with E-state index in [-0.39, 0.29) is 5.69 Å². The lowest BCUT2D eigenvalue weighted by molar-refractivity contribution is -0.384. The van der Waals surface area contributed by atoms with Crippen LogP contribution in [0.5, 0.6) is 0 Å². The predicted molar refractivity (Wildman–Crippen MR) is 71.3 cm³/mol. The number of fused-ring (bicyclic) bond motifs is 1. The Balaban J connectivity index is 1.80. The van der Waals surface area contributed by atoms with Gasteiger partial charge in [-0.3, -0.25) is 10.1 Å². The molecule has 0 saturated carbocycles. The Bertz CT molecular complexity index is 776. The van der Waals surface area contributed by atoms with E-state index in [0.717, 1.165) is 5.76 Å². The smallest absolute Gasteiger partial charge is 0.271 e. The van der Waals surface area contributed by atoms with Gasteiger partial charge in [-0.2, -0.15) is 0 Å². The van der Waals surface area contributed by atoms with Crippen LogP contribution in [0.15, 0.2) is 28.8 Å². The fourth-order valence-corrected chi connectivity index (χ4v) is 1.84. The molecule has 0 aliphatic carbocycles. The summed E-state index contributed by atoms with van der Waals surface area (Å²) < 4.78 is 5.33. The predicted octanol–water partition coefficient (Wildman–Crippen LogP) is 2.38. The number of aryl methyl sites for hydroxylation is 1. The van der Waals surface area contributed by atoms with Crippen molar-refractivity contribution in [2.24, 2.45) is 0 Å². The lowest BCUT2D eigenvalue weighted by atomic mass is 10.3. The van der Waals surface area contributed by atoms with Crippen molar-refractivity contribution in [1.82, 2.24) is 15.0 Å². The third-order valence-corrected chi connectivity index (χ3v) is 2.75. The van der Waals surface area contributed by atoms with Crippen molar-refractivity contribution < 1.29 is 9.34 Å². The minimum absolute atomic E-state index is 0.0241. The summed E-state index contributed by atoms with van der Waals surface area (Å²) in [5.41, 5.74) is 1.28. The number of H-pyrrole nitrogens is 1. The Morgan fingerprint density at radius 3 is 3.05 bits per heavy atom. The maximum Gasteiger partial charge on any atom is 0.271 e. The average Bonchev–Trinajstić information content (AvgIpc) is 3.00. The maximum absolute atomic E-state index is 10.7. The van der Waals surface area contributed by atoms with Gasteiger partial charge in [-0.05, 0) is 13.0 Å². The zero-order valence-electron chi connectivity index (χ0n) is 10.6. The third kappa shape index (κ3) is 2.30.